The number of nitrogens with one attached hydrogen (secondary N) is 2. The number of benzene rings is 2. The summed E-state index contributed by atoms with van der Waals surface area (Å²) in [6.45, 7) is 4.94. The zero-order chi connectivity index (χ0) is 25.7. The van der Waals surface area contributed by atoms with Crippen molar-refractivity contribution in [2.24, 2.45) is 5.92 Å². The molecule has 4 N–H and O–H groups in total. The summed E-state index contributed by atoms with van der Waals surface area (Å²) in [5.41, 5.74) is 4.63. The first-order chi connectivity index (χ1) is 17.3. The summed E-state index contributed by atoms with van der Waals surface area (Å²) in [7, 11) is 0. The number of aromatic nitrogens is 2. The van der Waals surface area contributed by atoms with Crippen LogP contribution in [0, 0.1) is 19.8 Å². The molecule has 1 aliphatic rings. The van der Waals surface area contributed by atoms with E-state index in [0.29, 0.717) is 23.9 Å². The number of hydrogen-bond donors (Lipinski definition) is 4. The minimum atomic E-state index is -1.17. The lowest BCUT2D eigenvalue weighted by Crippen LogP contribution is -2.34. The molecule has 1 aromatic heterocycles. The molecule has 0 spiro atoms. The zero-order valence-corrected chi connectivity index (χ0v) is 20.5. The topological polar surface area (TPSA) is 128 Å². The molecule has 0 atom stereocenters. The summed E-state index contributed by atoms with van der Waals surface area (Å²) in [5, 5.41) is 24.6. The molecule has 1 saturated heterocycles. The van der Waals surface area contributed by atoms with Crippen LogP contribution in [0.3, 0.4) is 0 Å². The molecule has 4 rings (SSSR count). The van der Waals surface area contributed by atoms with Crippen LogP contribution in [0.5, 0.6) is 5.75 Å². The monoisotopic (exact) mass is 489 g/mol. The number of carbonyl (C=O) groups excluding carboxylic acids is 1. The number of aromatic hydroxyl groups is 1. The molecule has 0 radical (unpaired) electrons. The molecule has 1 fully saturated rings. The van der Waals surface area contributed by atoms with Crippen molar-refractivity contribution in [1.82, 2.24) is 15.3 Å². The lowest BCUT2D eigenvalue weighted by Gasteiger charge is -2.33. The summed E-state index contributed by atoms with van der Waals surface area (Å²) < 4.78 is 0. The lowest BCUT2D eigenvalue weighted by molar-refractivity contribution is -0.135. The number of hydrogen-bond acceptors (Lipinski definition) is 7. The van der Waals surface area contributed by atoms with Gasteiger partial charge in [-0.1, -0.05) is 17.7 Å². The Bertz CT molecular complexity index is 1220. The van der Waals surface area contributed by atoms with E-state index in [4.69, 9.17) is 5.11 Å². The second-order valence-corrected chi connectivity index (χ2v) is 9.17. The number of carboxylic acid groups (broad SMARTS) is 1. The number of aliphatic carboxylic acids is 1. The van der Waals surface area contributed by atoms with Gasteiger partial charge >= 0.3 is 5.97 Å². The molecule has 188 valence electrons. The summed E-state index contributed by atoms with van der Waals surface area (Å²) in [6.07, 6.45) is 2.49. The molecule has 1 aliphatic heterocycles. The summed E-state index contributed by atoms with van der Waals surface area (Å²) >= 11 is 0. The van der Waals surface area contributed by atoms with Crippen LogP contribution in [-0.4, -0.2) is 51.7 Å². The van der Waals surface area contributed by atoms with Gasteiger partial charge in [0.25, 0.3) is 5.91 Å². The normalized spacial score (nSPS) is 13.9. The van der Waals surface area contributed by atoms with Crippen molar-refractivity contribution in [2.75, 3.05) is 29.9 Å². The number of aryl methyl sites for hydroxylation is 2. The fraction of sp³-hybridized carbons (Fsp3) is 0.333. The van der Waals surface area contributed by atoms with Gasteiger partial charge in [-0.05, 0) is 69.0 Å². The van der Waals surface area contributed by atoms with Crippen molar-refractivity contribution in [2.45, 2.75) is 33.1 Å². The molecule has 0 saturated carbocycles. The molecule has 36 heavy (non-hydrogen) atoms. The molecule has 9 heteroatoms. The minimum absolute atomic E-state index is 0.185. The van der Waals surface area contributed by atoms with Gasteiger partial charge in [0.15, 0.2) is 11.4 Å². The van der Waals surface area contributed by atoms with Crippen molar-refractivity contribution in [3.63, 3.8) is 0 Å². The van der Waals surface area contributed by atoms with E-state index in [0.717, 1.165) is 37.3 Å². The predicted octanol–water partition coefficient (Wildman–Crippen LogP) is 3.82. The highest BCUT2D eigenvalue weighted by Crippen LogP contribution is 2.28. The summed E-state index contributed by atoms with van der Waals surface area (Å²) in [4.78, 5) is 34.0. The minimum Gasteiger partial charge on any atom is -0.504 e. The third-order valence-corrected chi connectivity index (χ3v) is 6.38. The molecule has 0 unspecified atom stereocenters. The van der Waals surface area contributed by atoms with Crippen LogP contribution in [-0.2, 0) is 11.2 Å². The largest absolute Gasteiger partial charge is 0.504 e. The van der Waals surface area contributed by atoms with Gasteiger partial charge < -0.3 is 25.7 Å². The molecule has 1 amide bonds. The van der Waals surface area contributed by atoms with Gasteiger partial charge in [-0.25, -0.2) is 9.97 Å². The van der Waals surface area contributed by atoms with E-state index < -0.39 is 18.4 Å². The Morgan fingerprint density at radius 3 is 2.19 bits per heavy atom. The van der Waals surface area contributed by atoms with E-state index in [2.05, 4.69) is 81.0 Å². The van der Waals surface area contributed by atoms with Gasteiger partial charge in [0.05, 0.1) is 5.69 Å². The van der Waals surface area contributed by atoms with Crippen molar-refractivity contribution >= 4 is 28.9 Å². The SMILES string of the molecule is Cc1ccc(Nc2ccc(N3CCC(Cc4nc(C)c(O)c(C(=O)NCC(=O)O)n4)CC3)cc2)cc1. The Kier molecular flexibility index (Phi) is 7.68. The summed E-state index contributed by atoms with van der Waals surface area (Å²) in [5.74, 6) is -1.38. The van der Waals surface area contributed by atoms with Crippen molar-refractivity contribution in [3.8, 4) is 5.75 Å². The first-order valence-electron chi connectivity index (χ1n) is 12.0. The Hall–Kier alpha value is -4.14. The quantitative estimate of drug-likeness (QED) is 0.376. The smallest absolute Gasteiger partial charge is 0.322 e. The molecular formula is C27H31N5O4. The zero-order valence-electron chi connectivity index (χ0n) is 20.5. The molecule has 0 aliphatic carbocycles. The van der Waals surface area contributed by atoms with Gasteiger partial charge in [0, 0.05) is 36.6 Å². The number of piperidine rings is 1. The Morgan fingerprint density at radius 2 is 1.58 bits per heavy atom. The fourth-order valence-corrected chi connectivity index (χ4v) is 4.33. The van der Waals surface area contributed by atoms with Crippen molar-refractivity contribution in [1.29, 1.82) is 0 Å². The van der Waals surface area contributed by atoms with E-state index in [1.807, 2.05) is 0 Å². The molecule has 0 bridgehead atoms. The molecule has 2 aromatic carbocycles. The van der Waals surface area contributed by atoms with Crippen LogP contribution in [0.15, 0.2) is 48.5 Å². The van der Waals surface area contributed by atoms with E-state index >= 15 is 0 Å². The second kappa shape index (κ2) is 11.1. The first-order valence-corrected chi connectivity index (χ1v) is 12.0. The van der Waals surface area contributed by atoms with E-state index in [9.17, 15) is 14.7 Å². The average molecular weight is 490 g/mol. The Balaban J connectivity index is 1.33. The Morgan fingerprint density at radius 1 is 0.972 bits per heavy atom. The van der Waals surface area contributed by atoms with E-state index in [1.165, 1.54) is 11.3 Å². The van der Waals surface area contributed by atoms with Crippen LogP contribution in [0.1, 0.15) is 40.4 Å². The standard InChI is InChI=1S/C27H31N5O4/c1-17-3-5-20(6-4-17)30-21-7-9-22(10-8-21)32-13-11-19(12-14-32)15-23-29-18(2)26(35)25(31-23)27(36)28-16-24(33)34/h3-10,19,30,35H,11-16H2,1-2H3,(H,28,36)(H,33,34). The average Bonchev–Trinajstić information content (AvgIpc) is 2.87. The van der Waals surface area contributed by atoms with Crippen molar-refractivity contribution < 1.29 is 19.8 Å². The Labute approximate surface area is 210 Å². The first kappa shape index (κ1) is 25.0. The maximum absolute atomic E-state index is 12.3. The number of carbonyl (C=O) groups is 2. The molecular weight excluding hydrogens is 458 g/mol. The van der Waals surface area contributed by atoms with Gasteiger partial charge in [-0.15, -0.1) is 0 Å². The number of anilines is 3. The molecule has 2 heterocycles. The number of amides is 1. The van der Waals surface area contributed by atoms with Crippen LogP contribution in [0.4, 0.5) is 17.1 Å². The van der Waals surface area contributed by atoms with Crippen molar-refractivity contribution in [3.05, 3.63) is 71.3 Å². The van der Waals surface area contributed by atoms with Crippen LogP contribution < -0.4 is 15.5 Å². The van der Waals surface area contributed by atoms with Crippen LogP contribution in [0.2, 0.25) is 0 Å². The highest BCUT2D eigenvalue weighted by atomic mass is 16.4. The summed E-state index contributed by atoms with van der Waals surface area (Å²) in [6, 6.07) is 16.7. The maximum Gasteiger partial charge on any atom is 0.322 e. The van der Waals surface area contributed by atoms with Crippen LogP contribution >= 0.6 is 0 Å². The molecule has 3 aromatic rings. The van der Waals surface area contributed by atoms with Gasteiger partial charge in [0.2, 0.25) is 0 Å². The maximum atomic E-state index is 12.3. The van der Waals surface area contributed by atoms with Gasteiger partial charge in [-0.2, -0.15) is 0 Å². The predicted molar refractivity (Wildman–Crippen MR) is 138 cm³/mol. The fourth-order valence-electron chi connectivity index (χ4n) is 4.33. The highest BCUT2D eigenvalue weighted by Gasteiger charge is 2.23. The lowest BCUT2D eigenvalue weighted by atomic mass is 9.92. The second-order valence-electron chi connectivity index (χ2n) is 9.17. The van der Waals surface area contributed by atoms with Gasteiger partial charge in [-0.3, -0.25) is 9.59 Å². The van der Waals surface area contributed by atoms with Crippen LogP contribution in [0.25, 0.3) is 0 Å². The van der Waals surface area contributed by atoms with Gasteiger partial charge in [0.1, 0.15) is 12.4 Å². The number of nitrogens with zero attached hydrogens (tertiary/aromatic N) is 3. The third kappa shape index (κ3) is 6.29. The third-order valence-electron chi connectivity index (χ3n) is 6.38. The highest BCUT2D eigenvalue weighted by molar-refractivity contribution is 5.96. The molecule has 9 nitrogen and oxygen atoms in total. The number of carboxylic acids is 1. The van der Waals surface area contributed by atoms with E-state index in [-0.39, 0.29) is 11.4 Å². The number of rotatable bonds is 8. The van der Waals surface area contributed by atoms with E-state index in [1.54, 1.807) is 6.92 Å².